The minimum atomic E-state index is -0.694. The summed E-state index contributed by atoms with van der Waals surface area (Å²) in [7, 11) is 0. The molecule has 0 heterocycles. The monoisotopic (exact) mass is 176 g/mol. The molecule has 1 unspecified atom stereocenters. The standard InChI is InChI=1S/C11H16N2/c1-10-6-4-2-3-5-7-11(10,8-12)9-13/h10H,2-7H2,1H3. The highest BCUT2D eigenvalue weighted by molar-refractivity contribution is 5.15. The summed E-state index contributed by atoms with van der Waals surface area (Å²) in [6.07, 6.45) is 6.44. The third-order valence-electron chi connectivity index (χ3n) is 3.20. The molecule has 0 aliphatic heterocycles. The van der Waals surface area contributed by atoms with E-state index in [0.717, 1.165) is 19.3 Å². The van der Waals surface area contributed by atoms with Gasteiger partial charge in [0.05, 0.1) is 12.1 Å². The van der Waals surface area contributed by atoms with E-state index in [-0.39, 0.29) is 5.92 Å². The van der Waals surface area contributed by atoms with Crippen LogP contribution in [0, 0.1) is 34.0 Å². The number of hydrogen-bond donors (Lipinski definition) is 0. The van der Waals surface area contributed by atoms with Gasteiger partial charge in [0.15, 0.2) is 0 Å². The zero-order valence-corrected chi connectivity index (χ0v) is 8.21. The highest BCUT2D eigenvalue weighted by Gasteiger charge is 2.36. The molecule has 0 aromatic carbocycles. The van der Waals surface area contributed by atoms with Gasteiger partial charge in [-0.3, -0.25) is 0 Å². The lowest BCUT2D eigenvalue weighted by molar-refractivity contribution is 0.265. The first kappa shape index (κ1) is 10.1. The maximum absolute atomic E-state index is 9.06. The molecule has 0 N–H and O–H groups in total. The fourth-order valence-electron chi connectivity index (χ4n) is 2.06. The summed E-state index contributed by atoms with van der Waals surface area (Å²) < 4.78 is 0. The van der Waals surface area contributed by atoms with Gasteiger partial charge in [-0.25, -0.2) is 0 Å². The summed E-state index contributed by atoms with van der Waals surface area (Å²) in [6.45, 7) is 2.04. The average molecular weight is 176 g/mol. The van der Waals surface area contributed by atoms with Crippen LogP contribution in [0.3, 0.4) is 0 Å². The second kappa shape index (κ2) is 4.28. The maximum Gasteiger partial charge on any atom is 0.146 e. The van der Waals surface area contributed by atoms with Crippen molar-refractivity contribution < 1.29 is 0 Å². The molecule has 0 aromatic heterocycles. The van der Waals surface area contributed by atoms with E-state index < -0.39 is 5.41 Å². The molecule has 0 spiro atoms. The highest BCUT2D eigenvalue weighted by atomic mass is 14.4. The summed E-state index contributed by atoms with van der Waals surface area (Å²) in [5.74, 6) is 0.239. The van der Waals surface area contributed by atoms with Crippen LogP contribution in [0.15, 0.2) is 0 Å². The van der Waals surface area contributed by atoms with E-state index in [1.807, 2.05) is 6.92 Å². The number of rotatable bonds is 0. The average Bonchev–Trinajstić information content (AvgIpc) is 2.14. The largest absolute Gasteiger partial charge is 0.197 e. The summed E-state index contributed by atoms with van der Waals surface area (Å²) >= 11 is 0. The second-order valence-corrected chi connectivity index (χ2v) is 4.05. The minimum absolute atomic E-state index is 0.239. The quantitative estimate of drug-likeness (QED) is 0.569. The molecule has 1 fully saturated rings. The van der Waals surface area contributed by atoms with E-state index in [0.29, 0.717) is 0 Å². The van der Waals surface area contributed by atoms with Gasteiger partial charge in [-0.05, 0) is 18.8 Å². The number of nitrogens with zero attached hydrogens (tertiary/aromatic N) is 2. The molecule has 0 aromatic rings. The van der Waals surface area contributed by atoms with E-state index in [1.54, 1.807) is 0 Å². The van der Waals surface area contributed by atoms with Crippen molar-refractivity contribution in [1.29, 1.82) is 10.5 Å². The SMILES string of the molecule is CC1CCCCCCC1(C#N)C#N. The molecule has 0 saturated heterocycles. The van der Waals surface area contributed by atoms with Gasteiger partial charge >= 0.3 is 0 Å². The van der Waals surface area contributed by atoms with Crippen LogP contribution in [0.4, 0.5) is 0 Å². The molecule has 0 amide bonds. The van der Waals surface area contributed by atoms with Crippen LogP contribution >= 0.6 is 0 Å². The van der Waals surface area contributed by atoms with Crippen LogP contribution in [0.25, 0.3) is 0 Å². The van der Waals surface area contributed by atoms with Crippen LogP contribution in [-0.4, -0.2) is 0 Å². The van der Waals surface area contributed by atoms with Gasteiger partial charge < -0.3 is 0 Å². The van der Waals surface area contributed by atoms with Crippen molar-refractivity contribution in [2.75, 3.05) is 0 Å². The van der Waals surface area contributed by atoms with Crippen molar-refractivity contribution in [3.8, 4) is 12.1 Å². The van der Waals surface area contributed by atoms with E-state index in [9.17, 15) is 0 Å². The Balaban J connectivity index is 2.78. The van der Waals surface area contributed by atoms with Crippen molar-refractivity contribution in [2.24, 2.45) is 11.3 Å². The molecular formula is C11H16N2. The summed E-state index contributed by atoms with van der Waals surface area (Å²) in [5.41, 5.74) is -0.694. The lowest BCUT2D eigenvalue weighted by atomic mass is 9.71. The van der Waals surface area contributed by atoms with Gasteiger partial charge in [-0.2, -0.15) is 10.5 Å². The number of hydrogen-bond acceptors (Lipinski definition) is 2. The summed E-state index contributed by atoms with van der Waals surface area (Å²) in [6, 6.07) is 4.45. The Morgan fingerprint density at radius 2 is 1.69 bits per heavy atom. The molecule has 0 bridgehead atoms. The number of nitriles is 2. The fourth-order valence-corrected chi connectivity index (χ4v) is 2.06. The normalized spacial score (nSPS) is 27.8. The Morgan fingerprint density at radius 3 is 2.31 bits per heavy atom. The van der Waals surface area contributed by atoms with Crippen LogP contribution < -0.4 is 0 Å². The van der Waals surface area contributed by atoms with Crippen molar-refractivity contribution in [3.05, 3.63) is 0 Å². The van der Waals surface area contributed by atoms with Gasteiger partial charge in [0.1, 0.15) is 5.41 Å². The molecule has 70 valence electrons. The molecule has 1 aliphatic rings. The third kappa shape index (κ3) is 2.01. The first-order chi connectivity index (χ1) is 6.25. The predicted molar refractivity (Wildman–Crippen MR) is 50.5 cm³/mol. The zero-order valence-electron chi connectivity index (χ0n) is 8.21. The van der Waals surface area contributed by atoms with E-state index >= 15 is 0 Å². The van der Waals surface area contributed by atoms with E-state index in [4.69, 9.17) is 10.5 Å². The molecule has 1 rings (SSSR count). The second-order valence-electron chi connectivity index (χ2n) is 4.05. The summed E-state index contributed by atoms with van der Waals surface area (Å²) in [5, 5.41) is 18.1. The van der Waals surface area contributed by atoms with Crippen LogP contribution in [-0.2, 0) is 0 Å². The van der Waals surface area contributed by atoms with Gasteiger partial charge in [0.2, 0.25) is 0 Å². The van der Waals surface area contributed by atoms with E-state index in [2.05, 4.69) is 12.1 Å². The Kier molecular flexibility index (Phi) is 3.32. The van der Waals surface area contributed by atoms with Gasteiger partial charge in [-0.15, -0.1) is 0 Å². The Labute approximate surface area is 80.2 Å². The van der Waals surface area contributed by atoms with Crippen LogP contribution in [0.1, 0.15) is 45.4 Å². The minimum Gasteiger partial charge on any atom is -0.197 e. The molecule has 2 heteroatoms. The van der Waals surface area contributed by atoms with Gasteiger partial charge in [-0.1, -0.05) is 32.6 Å². The summed E-state index contributed by atoms with van der Waals surface area (Å²) in [4.78, 5) is 0. The molecule has 0 radical (unpaired) electrons. The zero-order chi connectivity index (χ0) is 9.73. The molecule has 1 atom stereocenters. The van der Waals surface area contributed by atoms with Crippen LogP contribution in [0.2, 0.25) is 0 Å². The molecule has 1 saturated carbocycles. The van der Waals surface area contributed by atoms with Gasteiger partial charge in [0.25, 0.3) is 0 Å². The first-order valence-electron chi connectivity index (χ1n) is 5.08. The molecule has 13 heavy (non-hydrogen) atoms. The Bertz CT molecular complexity index is 230. The lowest BCUT2D eigenvalue weighted by Gasteiger charge is -2.27. The van der Waals surface area contributed by atoms with Crippen LogP contribution in [0.5, 0.6) is 0 Å². The van der Waals surface area contributed by atoms with Crippen molar-refractivity contribution in [3.63, 3.8) is 0 Å². The van der Waals surface area contributed by atoms with E-state index in [1.165, 1.54) is 19.3 Å². The molecule has 1 aliphatic carbocycles. The lowest BCUT2D eigenvalue weighted by Crippen LogP contribution is -2.26. The van der Waals surface area contributed by atoms with Crippen molar-refractivity contribution in [1.82, 2.24) is 0 Å². The smallest absolute Gasteiger partial charge is 0.146 e. The van der Waals surface area contributed by atoms with Gasteiger partial charge in [0, 0.05) is 0 Å². The Morgan fingerprint density at radius 1 is 1.08 bits per heavy atom. The van der Waals surface area contributed by atoms with Crippen molar-refractivity contribution in [2.45, 2.75) is 45.4 Å². The third-order valence-corrected chi connectivity index (χ3v) is 3.20. The topological polar surface area (TPSA) is 47.6 Å². The first-order valence-corrected chi connectivity index (χ1v) is 5.08. The predicted octanol–water partition coefficient (Wildman–Crippen LogP) is 3.01. The molecule has 2 nitrogen and oxygen atoms in total. The Hall–Kier alpha value is -1.02. The fraction of sp³-hybridized carbons (Fsp3) is 0.818. The maximum atomic E-state index is 9.06. The van der Waals surface area contributed by atoms with Crippen molar-refractivity contribution >= 4 is 0 Å². The molecular weight excluding hydrogens is 160 g/mol. The highest BCUT2D eigenvalue weighted by Crippen LogP contribution is 2.37.